The van der Waals surface area contributed by atoms with E-state index in [2.05, 4.69) is 21.3 Å². The molecule has 102 heavy (non-hydrogen) atoms. The first-order chi connectivity index (χ1) is 45.8. The zero-order valence-electron chi connectivity index (χ0n) is 68.0. The maximum Gasteiger partial charge on any atom is 0.306 e. The first-order valence-corrected chi connectivity index (χ1v) is 36.4. The van der Waals surface area contributed by atoms with Crippen molar-refractivity contribution in [1.29, 1.82) is 0 Å². The van der Waals surface area contributed by atoms with Crippen molar-refractivity contribution >= 4 is 71.4 Å². The van der Waals surface area contributed by atoms with Crippen LogP contribution in [0.4, 0.5) is 0 Å². The van der Waals surface area contributed by atoms with Crippen LogP contribution in [0, 0.1) is 0 Å². The summed E-state index contributed by atoms with van der Waals surface area (Å²) in [5.74, 6) is -7.23. The Kier molecular flexibility index (Phi) is 37.2. The monoisotopic (exact) mass is 1450 g/mol. The number of nitrogens with one attached hydrogen (secondary N) is 4. The molecule has 0 aliphatic heterocycles. The molecule has 25 nitrogen and oxygen atoms in total. The first-order valence-electron chi connectivity index (χ1n) is 36.4. The molecule has 0 atom stereocenters. The van der Waals surface area contributed by atoms with Crippen molar-refractivity contribution in [2.75, 3.05) is 7.05 Å². The summed E-state index contributed by atoms with van der Waals surface area (Å²) >= 11 is 0. The second kappa shape index (κ2) is 39.6. The molecule has 0 heterocycles. The summed E-state index contributed by atoms with van der Waals surface area (Å²) in [5.41, 5.74) is -13.6. The zero-order chi connectivity index (χ0) is 79.6. The highest BCUT2D eigenvalue weighted by molar-refractivity contribution is 5.81. The van der Waals surface area contributed by atoms with Crippen LogP contribution < -0.4 is 21.3 Å². The van der Waals surface area contributed by atoms with E-state index in [-0.39, 0.29) is 154 Å². The summed E-state index contributed by atoms with van der Waals surface area (Å²) in [4.78, 5) is 167. The second-order valence-corrected chi connectivity index (χ2v) is 36.3. The van der Waals surface area contributed by atoms with Crippen LogP contribution in [-0.4, -0.2) is 151 Å². The maximum atomic E-state index is 15.1. The highest BCUT2D eigenvalue weighted by atomic mass is 16.6. The van der Waals surface area contributed by atoms with Gasteiger partial charge in [0.05, 0.1) is 0 Å². The minimum absolute atomic E-state index is 0.0914. The summed E-state index contributed by atoms with van der Waals surface area (Å²) in [6.45, 7) is 46.1. The fourth-order valence-corrected chi connectivity index (χ4v) is 11.2. The Morgan fingerprint density at radius 3 is 0.392 bits per heavy atom. The third-order valence-corrected chi connectivity index (χ3v) is 15.3. The highest BCUT2D eigenvalue weighted by Crippen LogP contribution is 2.35. The topological polar surface area (TPSA) is 336 Å². The van der Waals surface area contributed by atoms with Gasteiger partial charge < -0.3 is 63.9 Å². The maximum absolute atomic E-state index is 15.1. The van der Waals surface area contributed by atoms with E-state index in [0.717, 1.165) is 0 Å². The predicted molar refractivity (Wildman–Crippen MR) is 388 cm³/mol. The van der Waals surface area contributed by atoms with Crippen molar-refractivity contribution < 1.29 is 100 Å². The SMILES string of the molecule is CNC(CCC(=O)NC(CCC(=O)OC(C)(C)C)(CCC(=O)OC(C)(C)C)CCC(=O)OC(C)(C)C)(CCC(=O)NC(CCC(=O)OC(C)(C)C)(CCC(=O)OC(C)(C)C)CCC(=O)OC(C)(C)C)CCC(=O)NC(CCC(=O)OC(C)(C)C)(CCC(=O)OC(C)(C)C)CCC(=O)OC(C)(C)C. The Morgan fingerprint density at radius 2 is 0.294 bits per heavy atom. The van der Waals surface area contributed by atoms with E-state index in [1.54, 1.807) is 194 Å². The molecule has 0 rings (SSSR count). The van der Waals surface area contributed by atoms with Crippen LogP contribution in [-0.2, 0) is 100 Å². The van der Waals surface area contributed by atoms with Crippen molar-refractivity contribution in [3.05, 3.63) is 0 Å². The molecule has 0 spiro atoms. The van der Waals surface area contributed by atoms with Crippen LogP contribution in [0.1, 0.15) is 341 Å². The minimum Gasteiger partial charge on any atom is -0.460 e. The average Bonchev–Trinajstić information content (AvgIpc) is 0.839. The largest absolute Gasteiger partial charge is 0.460 e. The summed E-state index contributed by atoms with van der Waals surface area (Å²) in [5, 5.41) is 12.7. The standard InChI is InChI=1S/C77H136N4O21/c1-65(2,3)94-56(85)32-44-75(45-33-57(86)95-66(4,5)6,46-34-58(87)96-67(7,8)9)79-53(82)29-41-74(78-28,42-30-54(83)80-76(47-35-59(88)97-68(10,11)12,48-36-60(89)98-69(13,14)15)49-37-61(90)99-70(16,17)18)43-31-55(84)81-77(50-38-62(91)100-71(19,20)21,51-39-63(92)101-72(22,23)24)52-40-64(93)102-73(25,26)27/h78H,29-52H2,1-28H3,(H,79,82)(H,80,83)(H,81,84). The molecular formula is C77H136N4O21. The zero-order valence-corrected chi connectivity index (χ0v) is 68.0. The van der Waals surface area contributed by atoms with Gasteiger partial charge in [-0.25, -0.2) is 0 Å². The second-order valence-electron chi connectivity index (χ2n) is 36.3. The van der Waals surface area contributed by atoms with Crippen molar-refractivity contribution in [3.8, 4) is 0 Å². The molecule has 4 N–H and O–H groups in total. The number of carbonyl (C=O) groups is 12. The van der Waals surface area contributed by atoms with Gasteiger partial charge in [0.15, 0.2) is 0 Å². The fourth-order valence-electron chi connectivity index (χ4n) is 11.2. The van der Waals surface area contributed by atoms with Gasteiger partial charge in [0, 0.05) is 99.2 Å². The van der Waals surface area contributed by atoms with Gasteiger partial charge in [-0.1, -0.05) is 0 Å². The number of hydrogen-bond acceptors (Lipinski definition) is 22. The summed E-state index contributed by atoms with van der Waals surface area (Å²) < 4.78 is 51.3. The van der Waals surface area contributed by atoms with Crippen molar-refractivity contribution in [2.45, 2.75) is 414 Å². The van der Waals surface area contributed by atoms with Crippen LogP contribution in [0.15, 0.2) is 0 Å². The van der Waals surface area contributed by atoms with E-state index in [1.807, 2.05) is 0 Å². The van der Waals surface area contributed by atoms with Crippen molar-refractivity contribution in [1.82, 2.24) is 21.3 Å². The third kappa shape index (κ3) is 48.5. The molecule has 0 aromatic rings. The Morgan fingerprint density at radius 1 is 0.186 bits per heavy atom. The predicted octanol–water partition coefficient (Wildman–Crippen LogP) is 12.9. The number of amides is 3. The lowest BCUT2D eigenvalue weighted by Gasteiger charge is -2.39. The molecule has 3 amide bonds. The van der Waals surface area contributed by atoms with E-state index >= 15 is 14.4 Å². The molecule has 0 bridgehead atoms. The van der Waals surface area contributed by atoms with Gasteiger partial charge in [0.2, 0.25) is 17.7 Å². The van der Waals surface area contributed by atoms with Crippen LogP contribution in [0.3, 0.4) is 0 Å². The van der Waals surface area contributed by atoms with E-state index in [0.29, 0.717) is 0 Å². The smallest absolute Gasteiger partial charge is 0.306 e. The summed E-state index contributed by atoms with van der Waals surface area (Å²) in [6.07, 6.45) is -4.27. The average molecular weight is 1450 g/mol. The van der Waals surface area contributed by atoms with Gasteiger partial charge in [-0.05, 0) is 271 Å². The van der Waals surface area contributed by atoms with Crippen molar-refractivity contribution in [3.63, 3.8) is 0 Å². The lowest BCUT2D eigenvalue weighted by Crippen LogP contribution is -2.53. The Labute approximate surface area is 611 Å². The Bertz CT molecular complexity index is 2250. The Balaban J connectivity index is 8.60. The van der Waals surface area contributed by atoms with Crippen LogP contribution >= 0.6 is 0 Å². The molecule has 0 saturated heterocycles. The molecular weight excluding hydrogens is 1320 g/mol. The van der Waals surface area contributed by atoms with E-state index < -0.39 is 144 Å². The van der Waals surface area contributed by atoms with Crippen molar-refractivity contribution in [2.24, 2.45) is 0 Å². The quantitative estimate of drug-likeness (QED) is 0.0327. The number of carbonyl (C=O) groups excluding carboxylic acids is 12. The van der Waals surface area contributed by atoms with Gasteiger partial charge in [-0.15, -0.1) is 0 Å². The number of rotatable bonds is 40. The van der Waals surface area contributed by atoms with Gasteiger partial charge in [0.25, 0.3) is 0 Å². The van der Waals surface area contributed by atoms with Crippen LogP contribution in [0.2, 0.25) is 0 Å². The molecule has 0 aliphatic carbocycles. The molecule has 0 saturated carbocycles. The molecule has 0 fully saturated rings. The fraction of sp³-hybridized carbons (Fsp3) is 0.844. The normalized spacial score (nSPS) is 13.2. The van der Waals surface area contributed by atoms with Gasteiger partial charge in [-0.3, -0.25) is 57.5 Å². The summed E-state index contributed by atoms with van der Waals surface area (Å²) in [7, 11) is 1.60. The van der Waals surface area contributed by atoms with E-state index in [1.165, 1.54) is 0 Å². The first kappa shape index (κ1) is 95.6. The number of ether oxygens (including phenoxy) is 9. The van der Waals surface area contributed by atoms with E-state index in [4.69, 9.17) is 42.6 Å². The highest BCUT2D eigenvalue weighted by Gasteiger charge is 2.42. The van der Waals surface area contributed by atoms with E-state index in [9.17, 15) is 43.2 Å². The van der Waals surface area contributed by atoms with Gasteiger partial charge >= 0.3 is 53.7 Å². The number of esters is 9. The Hall–Kier alpha value is -6.40. The molecule has 590 valence electrons. The molecule has 0 aliphatic rings. The molecule has 0 aromatic heterocycles. The minimum atomic E-state index is -1.44. The van der Waals surface area contributed by atoms with Crippen LogP contribution in [0.25, 0.3) is 0 Å². The lowest BCUT2D eigenvalue weighted by molar-refractivity contribution is -0.158. The molecule has 0 unspecified atom stereocenters. The lowest BCUT2D eigenvalue weighted by atomic mass is 9.80. The third-order valence-electron chi connectivity index (χ3n) is 15.3. The van der Waals surface area contributed by atoms with Crippen LogP contribution in [0.5, 0.6) is 0 Å². The van der Waals surface area contributed by atoms with Gasteiger partial charge in [0.1, 0.15) is 50.4 Å². The molecule has 25 heteroatoms. The van der Waals surface area contributed by atoms with Gasteiger partial charge in [-0.2, -0.15) is 0 Å². The molecule has 0 aromatic carbocycles. The molecule has 0 radical (unpaired) electrons. The number of hydrogen-bond donors (Lipinski definition) is 4. The summed E-state index contributed by atoms with van der Waals surface area (Å²) in [6, 6.07) is 0.